The van der Waals surface area contributed by atoms with E-state index in [1.165, 1.54) is 6.33 Å². The summed E-state index contributed by atoms with van der Waals surface area (Å²) in [6.07, 6.45) is 5.03. The number of nitrogens with zero attached hydrogens (tertiary/aromatic N) is 2. The molecular weight excluding hydrogens is 280 g/mol. The fourth-order valence-electron chi connectivity index (χ4n) is 1.76. The zero-order valence-corrected chi connectivity index (χ0v) is 11.0. The van der Waals surface area contributed by atoms with Crippen molar-refractivity contribution in [3.8, 4) is 0 Å². The van der Waals surface area contributed by atoms with Crippen LogP contribution in [-0.4, -0.2) is 9.97 Å². The monoisotopic (exact) mass is 292 g/mol. The van der Waals surface area contributed by atoms with Gasteiger partial charge in [0.1, 0.15) is 6.33 Å². The Bertz CT molecular complexity index is 501. The molecule has 1 aromatic carbocycles. The molecule has 0 spiro atoms. The van der Waals surface area contributed by atoms with Crippen LogP contribution in [0, 0.1) is 6.92 Å². The van der Waals surface area contributed by atoms with Crippen molar-refractivity contribution < 1.29 is 0 Å². The van der Waals surface area contributed by atoms with E-state index in [9.17, 15) is 0 Å². The summed E-state index contributed by atoms with van der Waals surface area (Å²) in [6, 6.07) is 5.93. The maximum absolute atomic E-state index is 5.63. The van der Waals surface area contributed by atoms with Gasteiger partial charge in [-0.1, -0.05) is 28.1 Å². The third-order valence-corrected chi connectivity index (χ3v) is 3.56. The van der Waals surface area contributed by atoms with Crippen molar-refractivity contribution in [3.05, 3.63) is 58.1 Å². The van der Waals surface area contributed by atoms with Gasteiger partial charge in [-0.15, -0.1) is 0 Å². The highest BCUT2D eigenvalue weighted by atomic mass is 79.9. The Kier molecular flexibility index (Phi) is 3.83. The van der Waals surface area contributed by atoms with Crippen molar-refractivity contribution >= 4 is 15.9 Å². The van der Waals surface area contributed by atoms with Crippen molar-refractivity contribution in [1.82, 2.24) is 15.4 Å². The number of hydrogen-bond donors (Lipinski definition) is 2. The first-order valence-corrected chi connectivity index (χ1v) is 5.99. The van der Waals surface area contributed by atoms with Crippen LogP contribution >= 0.6 is 15.9 Å². The highest BCUT2D eigenvalue weighted by Crippen LogP contribution is 2.27. The lowest BCUT2D eigenvalue weighted by molar-refractivity contribution is 0.628. The van der Waals surface area contributed by atoms with Crippen molar-refractivity contribution in [2.24, 2.45) is 5.84 Å². The number of hydrazine groups is 1. The third kappa shape index (κ3) is 2.52. The number of halogens is 1. The van der Waals surface area contributed by atoms with Gasteiger partial charge in [0.25, 0.3) is 0 Å². The Labute approximate surface area is 108 Å². The molecule has 0 radical (unpaired) electrons. The van der Waals surface area contributed by atoms with Crippen molar-refractivity contribution in [3.63, 3.8) is 0 Å². The van der Waals surface area contributed by atoms with Crippen LogP contribution in [0.3, 0.4) is 0 Å². The topological polar surface area (TPSA) is 63.8 Å². The van der Waals surface area contributed by atoms with Gasteiger partial charge in [-0.3, -0.25) is 5.84 Å². The number of nitrogens with one attached hydrogen (secondary N) is 1. The van der Waals surface area contributed by atoms with E-state index in [0.29, 0.717) is 0 Å². The zero-order valence-electron chi connectivity index (χ0n) is 9.39. The fourth-order valence-corrected chi connectivity index (χ4v) is 2.14. The van der Waals surface area contributed by atoms with Gasteiger partial charge in [-0.25, -0.2) is 15.4 Å². The Balaban J connectivity index is 2.46. The average Bonchev–Trinajstić information content (AvgIpc) is 2.37. The largest absolute Gasteiger partial charge is 0.271 e. The van der Waals surface area contributed by atoms with Crippen LogP contribution in [-0.2, 0) is 0 Å². The smallest absolute Gasteiger partial charge is 0.115 e. The van der Waals surface area contributed by atoms with Crippen LogP contribution in [0.15, 0.2) is 41.4 Å². The summed E-state index contributed by atoms with van der Waals surface area (Å²) in [5, 5.41) is 0. The number of hydrogen-bond acceptors (Lipinski definition) is 4. The van der Waals surface area contributed by atoms with E-state index in [4.69, 9.17) is 5.84 Å². The van der Waals surface area contributed by atoms with E-state index < -0.39 is 0 Å². The molecule has 4 nitrogen and oxygen atoms in total. The molecule has 1 atom stereocenters. The van der Waals surface area contributed by atoms with E-state index >= 15 is 0 Å². The zero-order chi connectivity index (χ0) is 12.3. The standard InChI is InChI=1S/C12H13BrN4/c1-8-10(3-2-4-11(8)13)12(17-14)9-5-15-7-16-6-9/h2-7,12,17H,14H2,1H3. The highest BCUT2D eigenvalue weighted by Gasteiger charge is 2.15. The summed E-state index contributed by atoms with van der Waals surface area (Å²) in [5.41, 5.74) is 6.00. The number of benzene rings is 1. The molecule has 0 saturated heterocycles. The summed E-state index contributed by atoms with van der Waals surface area (Å²) in [5.74, 6) is 5.63. The molecule has 1 heterocycles. The summed E-state index contributed by atoms with van der Waals surface area (Å²) in [6.45, 7) is 2.05. The molecule has 0 aliphatic carbocycles. The maximum Gasteiger partial charge on any atom is 0.115 e. The summed E-state index contributed by atoms with van der Waals surface area (Å²) in [7, 11) is 0. The minimum absolute atomic E-state index is 0.103. The van der Waals surface area contributed by atoms with E-state index in [1.54, 1.807) is 12.4 Å². The van der Waals surface area contributed by atoms with Crippen LogP contribution < -0.4 is 11.3 Å². The summed E-state index contributed by atoms with van der Waals surface area (Å²) < 4.78 is 1.06. The number of rotatable bonds is 3. The quantitative estimate of drug-likeness (QED) is 0.672. The van der Waals surface area contributed by atoms with Gasteiger partial charge in [0.2, 0.25) is 0 Å². The third-order valence-electron chi connectivity index (χ3n) is 2.70. The molecule has 0 bridgehead atoms. The lowest BCUT2D eigenvalue weighted by atomic mass is 9.97. The molecule has 0 amide bonds. The number of aromatic nitrogens is 2. The molecule has 1 unspecified atom stereocenters. The molecule has 1 aromatic heterocycles. The van der Waals surface area contributed by atoms with Gasteiger partial charge in [0, 0.05) is 22.4 Å². The molecule has 0 saturated carbocycles. The van der Waals surface area contributed by atoms with Crippen LogP contribution in [0.4, 0.5) is 0 Å². The van der Waals surface area contributed by atoms with E-state index in [0.717, 1.165) is 21.2 Å². The second-order valence-electron chi connectivity index (χ2n) is 3.73. The van der Waals surface area contributed by atoms with Crippen LogP contribution in [0.5, 0.6) is 0 Å². The van der Waals surface area contributed by atoms with Crippen molar-refractivity contribution in [2.45, 2.75) is 13.0 Å². The van der Waals surface area contributed by atoms with Gasteiger partial charge in [0.15, 0.2) is 0 Å². The molecule has 2 rings (SSSR count). The molecule has 88 valence electrons. The van der Waals surface area contributed by atoms with Crippen molar-refractivity contribution in [1.29, 1.82) is 0 Å². The molecular formula is C12H13BrN4. The van der Waals surface area contributed by atoms with Gasteiger partial charge < -0.3 is 0 Å². The molecule has 0 aliphatic rings. The predicted molar refractivity (Wildman–Crippen MR) is 70.1 cm³/mol. The normalized spacial score (nSPS) is 12.4. The molecule has 2 aromatic rings. The Morgan fingerprint density at radius 3 is 2.65 bits per heavy atom. The highest BCUT2D eigenvalue weighted by molar-refractivity contribution is 9.10. The maximum atomic E-state index is 5.63. The van der Waals surface area contributed by atoms with E-state index in [-0.39, 0.29) is 6.04 Å². The van der Waals surface area contributed by atoms with E-state index in [1.807, 2.05) is 25.1 Å². The summed E-state index contributed by atoms with van der Waals surface area (Å²) in [4.78, 5) is 8.03. The molecule has 0 aliphatic heterocycles. The SMILES string of the molecule is Cc1c(Br)cccc1C(NN)c1cncnc1. The molecule has 3 N–H and O–H groups in total. The van der Waals surface area contributed by atoms with Gasteiger partial charge in [0.05, 0.1) is 6.04 Å². The van der Waals surface area contributed by atoms with Crippen LogP contribution in [0.25, 0.3) is 0 Å². The van der Waals surface area contributed by atoms with Gasteiger partial charge in [-0.05, 0) is 24.1 Å². The van der Waals surface area contributed by atoms with Crippen LogP contribution in [0.2, 0.25) is 0 Å². The van der Waals surface area contributed by atoms with E-state index in [2.05, 4.69) is 31.3 Å². The Morgan fingerprint density at radius 2 is 2.00 bits per heavy atom. The van der Waals surface area contributed by atoms with Crippen LogP contribution in [0.1, 0.15) is 22.7 Å². The van der Waals surface area contributed by atoms with Gasteiger partial charge >= 0.3 is 0 Å². The summed E-state index contributed by atoms with van der Waals surface area (Å²) >= 11 is 3.52. The molecule has 17 heavy (non-hydrogen) atoms. The second-order valence-corrected chi connectivity index (χ2v) is 4.58. The predicted octanol–water partition coefficient (Wildman–Crippen LogP) is 2.10. The lowest BCUT2D eigenvalue weighted by Gasteiger charge is -2.18. The molecule has 5 heteroatoms. The van der Waals surface area contributed by atoms with Gasteiger partial charge in [-0.2, -0.15) is 0 Å². The van der Waals surface area contributed by atoms with Crippen molar-refractivity contribution in [2.75, 3.05) is 0 Å². The lowest BCUT2D eigenvalue weighted by Crippen LogP contribution is -2.29. The number of nitrogens with two attached hydrogens (primary N) is 1. The minimum Gasteiger partial charge on any atom is -0.271 e. The second kappa shape index (κ2) is 5.35. The first-order chi connectivity index (χ1) is 8.24. The Hall–Kier alpha value is -1.30. The fraction of sp³-hybridized carbons (Fsp3) is 0.167. The Morgan fingerprint density at radius 1 is 1.29 bits per heavy atom. The molecule has 0 fully saturated rings. The average molecular weight is 293 g/mol. The first kappa shape index (κ1) is 12.2. The minimum atomic E-state index is -0.103. The first-order valence-electron chi connectivity index (χ1n) is 5.20.